The zero-order chi connectivity index (χ0) is 12.7. The van der Waals surface area contributed by atoms with Crippen molar-refractivity contribution in [3.8, 4) is 6.07 Å². The molecule has 0 spiro atoms. The third-order valence-electron chi connectivity index (χ3n) is 2.36. The lowest BCUT2D eigenvalue weighted by molar-refractivity contribution is -0.138. The van der Waals surface area contributed by atoms with E-state index in [0.29, 0.717) is 24.2 Å². The largest absolute Gasteiger partial charge is 0.463 e. The van der Waals surface area contributed by atoms with E-state index in [1.54, 1.807) is 19.1 Å². The van der Waals surface area contributed by atoms with Gasteiger partial charge in [0.2, 0.25) is 0 Å². The number of aryl methyl sites for hydroxylation is 1. The van der Waals surface area contributed by atoms with E-state index in [-0.39, 0.29) is 5.97 Å². The van der Waals surface area contributed by atoms with Gasteiger partial charge >= 0.3 is 5.97 Å². The van der Waals surface area contributed by atoms with E-state index in [4.69, 9.17) is 10.00 Å². The van der Waals surface area contributed by atoms with Gasteiger partial charge in [0.15, 0.2) is 0 Å². The fraction of sp³-hybridized carbons (Fsp3) is 0.286. The SMILES string of the molecule is C=C(CCc1ccc(C#N)cc1)C(=O)OCC. The lowest BCUT2D eigenvalue weighted by Crippen LogP contribution is -2.07. The Kier molecular flexibility index (Phi) is 4.96. The number of rotatable bonds is 5. The normalized spacial score (nSPS) is 9.41. The lowest BCUT2D eigenvalue weighted by Gasteiger charge is -2.05. The third-order valence-corrected chi connectivity index (χ3v) is 2.36. The first kappa shape index (κ1) is 13.0. The number of esters is 1. The molecule has 0 amide bonds. The smallest absolute Gasteiger partial charge is 0.333 e. The molecule has 17 heavy (non-hydrogen) atoms. The lowest BCUT2D eigenvalue weighted by atomic mass is 10.0. The Labute approximate surface area is 101 Å². The van der Waals surface area contributed by atoms with Gasteiger partial charge in [0.1, 0.15) is 0 Å². The molecule has 0 unspecified atom stereocenters. The van der Waals surface area contributed by atoms with Crippen molar-refractivity contribution in [1.29, 1.82) is 5.26 Å². The number of hydrogen-bond donors (Lipinski definition) is 0. The monoisotopic (exact) mass is 229 g/mol. The Morgan fingerprint density at radius 2 is 2.06 bits per heavy atom. The number of nitrogens with zero attached hydrogens (tertiary/aromatic N) is 1. The minimum absolute atomic E-state index is 0.332. The molecule has 0 saturated heterocycles. The van der Waals surface area contributed by atoms with Crippen molar-refractivity contribution in [2.75, 3.05) is 6.61 Å². The van der Waals surface area contributed by atoms with Crippen LogP contribution in [0.15, 0.2) is 36.4 Å². The Morgan fingerprint density at radius 1 is 1.41 bits per heavy atom. The summed E-state index contributed by atoms with van der Waals surface area (Å²) in [6, 6.07) is 9.37. The highest BCUT2D eigenvalue weighted by Gasteiger charge is 2.07. The van der Waals surface area contributed by atoms with Crippen molar-refractivity contribution < 1.29 is 9.53 Å². The first-order valence-electron chi connectivity index (χ1n) is 5.51. The van der Waals surface area contributed by atoms with Crippen LogP contribution >= 0.6 is 0 Å². The van der Waals surface area contributed by atoms with Crippen LogP contribution in [0.2, 0.25) is 0 Å². The molecule has 1 aromatic rings. The van der Waals surface area contributed by atoms with Gasteiger partial charge in [-0.25, -0.2) is 4.79 Å². The van der Waals surface area contributed by atoms with Crippen LogP contribution in [0.25, 0.3) is 0 Å². The molecule has 0 aromatic heterocycles. The summed E-state index contributed by atoms with van der Waals surface area (Å²) >= 11 is 0. The topological polar surface area (TPSA) is 50.1 Å². The molecule has 3 nitrogen and oxygen atoms in total. The highest BCUT2D eigenvalue weighted by molar-refractivity contribution is 5.87. The summed E-state index contributed by atoms with van der Waals surface area (Å²) in [6.07, 6.45) is 1.30. The number of carbonyl (C=O) groups is 1. The van der Waals surface area contributed by atoms with Gasteiger partial charge in [0.25, 0.3) is 0 Å². The van der Waals surface area contributed by atoms with Gasteiger partial charge in [0.05, 0.1) is 18.2 Å². The van der Waals surface area contributed by atoms with Crippen LogP contribution in [0.3, 0.4) is 0 Å². The van der Waals surface area contributed by atoms with Crippen LogP contribution in [-0.2, 0) is 16.0 Å². The van der Waals surface area contributed by atoms with E-state index in [0.717, 1.165) is 12.0 Å². The molecule has 0 aliphatic heterocycles. The van der Waals surface area contributed by atoms with Gasteiger partial charge in [-0.05, 0) is 37.5 Å². The molecule has 0 aliphatic rings. The zero-order valence-corrected chi connectivity index (χ0v) is 9.90. The minimum atomic E-state index is -0.332. The maximum atomic E-state index is 11.3. The van der Waals surface area contributed by atoms with E-state index < -0.39 is 0 Å². The van der Waals surface area contributed by atoms with Crippen molar-refractivity contribution in [2.24, 2.45) is 0 Å². The molecule has 0 bridgehead atoms. The number of ether oxygens (including phenoxy) is 1. The predicted octanol–water partition coefficient (Wildman–Crippen LogP) is 2.61. The first-order chi connectivity index (χ1) is 8.17. The molecule has 0 heterocycles. The van der Waals surface area contributed by atoms with Crippen LogP contribution in [0.4, 0.5) is 0 Å². The summed E-state index contributed by atoms with van der Waals surface area (Å²) in [5, 5.41) is 8.65. The predicted molar refractivity (Wildman–Crippen MR) is 65.3 cm³/mol. The van der Waals surface area contributed by atoms with E-state index >= 15 is 0 Å². The summed E-state index contributed by atoms with van der Waals surface area (Å²) in [6.45, 7) is 5.83. The molecule has 3 heteroatoms. The average Bonchev–Trinajstić information content (AvgIpc) is 2.36. The molecule has 0 aliphatic carbocycles. The molecule has 0 atom stereocenters. The fourth-order valence-electron chi connectivity index (χ4n) is 1.38. The standard InChI is InChI=1S/C14H15NO2/c1-3-17-14(16)11(2)4-5-12-6-8-13(10-15)9-7-12/h6-9H,2-5H2,1H3. The van der Waals surface area contributed by atoms with Crippen molar-refractivity contribution in [2.45, 2.75) is 19.8 Å². The van der Waals surface area contributed by atoms with Crippen molar-refractivity contribution in [3.05, 3.63) is 47.5 Å². The Hall–Kier alpha value is -2.08. The fourth-order valence-corrected chi connectivity index (χ4v) is 1.38. The van der Waals surface area contributed by atoms with Gasteiger partial charge in [-0.3, -0.25) is 0 Å². The highest BCUT2D eigenvalue weighted by atomic mass is 16.5. The van der Waals surface area contributed by atoms with E-state index in [9.17, 15) is 4.79 Å². The third kappa shape index (κ3) is 4.12. The molecule has 0 radical (unpaired) electrons. The van der Waals surface area contributed by atoms with Crippen molar-refractivity contribution >= 4 is 5.97 Å². The van der Waals surface area contributed by atoms with E-state index in [1.807, 2.05) is 12.1 Å². The van der Waals surface area contributed by atoms with Gasteiger partial charge in [-0.15, -0.1) is 0 Å². The Morgan fingerprint density at radius 3 is 2.59 bits per heavy atom. The van der Waals surface area contributed by atoms with Gasteiger partial charge in [-0.1, -0.05) is 18.7 Å². The zero-order valence-electron chi connectivity index (χ0n) is 9.90. The summed E-state index contributed by atoms with van der Waals surface area (Å²) in [5.41, 5.74) is 2.20. The molecular formula is C14H15NO2. The minimum Gasteiger partial charge on any atom is -0.463 e. The molecule has 1 rings (SSSR count). The molecule has 88 valence electrons. The average molecular weight is 229 g/mol. The second kappa shape index (κ2) is 6.49. The summed E-state index contributed by atoms with van der Waals surface area (Å²) in [4.78, 5) is 11.3. The maximum absolute atomic E-state index is 11.3. The van der Waals surface area contributed by atoms with Crippen LogP contribution in [0.5, 0.6) is 0 Å². The number of nitriles is 1. The molecule has 1 aromatic carbocycles. The first-order valence-corrected chi connectivity index (χ1v) is 5.51. The molecule has 0 saturated carbocycles. The van der Waals surface area contributed by atoms with Crippen LogP contribution < -0.4 is 0 Å². The summed E-state index contributed by atoms with van der Waals surface area (Å²) in [7, 11) is 0. The Bertz CT molecular complexity index is 440. The van der Waals surface area contributed by atoms with E-state index in [2.05, 4.69) is 12.6 Å². The Balaban J connectivity index is 2.47. The summed E-state index contributed by atoms with van der Waals surface area (Å²) < 4.78 is 4.85. The van der Waals surface area contributed by atoms with Crippen LogP contribution in [0, 0.1) is 11.3 Å². The van der Waals surface area contributed by atoms with Crippen molar-refractivity contribution in [3.63, 3.8) is 0 Å². The number of carbonyl (C=O) groups excluding carboxylic acids is 1. The van der Waals surface area contributed by atoms with E-state index in [1.165, 1.54) is 0 Å². The quantitative estimate of drug-likeness (QED) is 0.576. The highest BCUT2D eigenvalue weighted by Crippen LogP contribution is 2.10. The second-order valence-corrected chi connectivity index (χ2v) is 3.63. The molecular weight excluding hydrogens is 214 g/mol. The second-order valence-electron chi connectivity index (χ2n) is 3.63. The van der Waals surface area contributed by atoms with Gasteiger partial charge in [-0.2, -0.15) is 5.26 Å². The van der Waals surface area contributed by atoms with Gasteiger partial charge in [0, 0.05) is 5.57 Å². The number of hydrogen-bond acceptors (Lipinski definition) is 3. The van der Waals surface area contributed by atoms with Gasteiger partial charge < -0.3 is 4.74 Å². The summed E-state index contributed by atoms with van der Waals surface area (Å²) in [5.74, 6) is -0.332. The molecule has 0 N–H and O–H groups in total. The number of benzene rings is 1. The van der Waals surface area contributed by atoms with Crippen LogP contribution in [-0.4, -0.2) is 12.6 Å². The maximum Gasteiger partial charge on any atom is 0.333 e. The van der Waals surface area contributed by atoms with Crippen molar-refractivity contribution in [1.82, 2.24) is 0 Å². The molecule has 0 fully saturated rings. The van der Waals surface area contributed by atoms with Crippen LogP contribution in [0.1, 0.15) is 24.5 Å².